The number of carbonyl (C=O) groups is 1. The number of aromatic nitrogens is 1. The molecule has 3 heterocycles. The molecule has 4 rings (SSSR count). The van der Waals surface area contributed by atoms with Crippen LogP contribution in [0.5, 0.6) is 0 Å². The Morgan fingerprint density at radius 2 is 2.24 bits per heavy atom. The number of carbonyl (C=O) groups excluding carboxylic acids is 1. The molecule has 0 saturated heterocycles. The van der Waals surface area contributed by atoms with Crippen LogP contribution in [0.25, 0.3) is 20.8 Å². The van der Waals surface area contributed by atoms with E-state index in [2.05, 4.69) is 17.1 Å². The molecule has 25 heavy (non-hydrogen) atoms. The van der Waals surface area contributed by atoms with Crippen LogP contribution in [0.15, 0.2) is 18.2 Å². The van der Waals surface area contributed by atoms with E-state index in [9.17, 15) is 4.79 Å². The van der Waals surface area contributed by atoms with Gasteiger partial charge in [-0.3, -0.25) is 9.69 Å². The molecule has 0 radical (unpaired) electrons. The third-order valence-electron chi connectivity index (χ3n) is 4.45. The molecule has 3 aromatic rings. The van der Waals surface area contributed by atoms with Crippen LogP contribution in [0.1, 0.15) is 24.3 Å². The van der Waals surface area contributed by atoms with E-state index in [0.717, 1.165) is 56.9 Å². The lowest BCUT2D eigenvalue weighted by molar-refractivity contribution is -0.114. The highest BCUT2D eigenvalue weighted by atomic mass is 35.5. The zero-order chi connectivity index (χ0) is 17.6. The quantitative estimate of drug-likeness (QED) is 0.682. The van der Waals surface area contributed by atoms with Crippen molar-refractivity contribution in [1.29, 1.82) is 0 Å². The van der Waals surface area contributed by atoms with Gasteiger partial charge in [-0.25, -0.2) is 4.98 Å². The van der Waals surface area contributed by atoms with Gasteiger partial charge in [-0.1, -0.05) is 24.6 Å². The molecule has 0 fully saturated rings. The zero-order valence-electron chi connectivity index (χ0n) is 14.1. The first-order valence-electron chi connectivity index (χ1n) is 8.26. The maximum absolute atomic E-state index is 11.7. The number of halogens is 1. The summed E-state index contributed by atoms with van der Waals surface area (Å²) in [5.41, 5.74) is 3.32. The molecule has 0 atom stereocenters. The molecule has 0 bridgehead atoms. The standard InChI is InChI=1S/C18H18ClN3OS2/c1-3-22-8-7-11-14(9-22)24-17(20-10(2)23)15(11)18-21-13-6-4-5-12(19)16(13)25-18/h4-6H,3,7-9H2,1-2H3,(H,20,23). The van der Waals surface area contributed by atoms with Crippen molar-refractivity contribution in [3.05, 3.63) is 33.7 Å². The van der Waals surface area contributed by atoms with Gasteiger partial charge in [0.1, 0.15) is 10.0 Å². The molecule has 1 amide bonds. The second kappa shape index (κ2) is 6.68. The summed E-state index contributed by atoms with van der Waals surface area (Å²) < 4.78 is 0.999. The number of hydrogen-bond acceptors (Lipinski definition) is 5. The van der Waals surface area contributed by atoms with E-state index in [4.69, 9.17) is 16.6 Å². The number of benzene rings is 1. The van der Waals surface area contributed by atoms with Gasteiger partial charge in [0.2, 0.25) is 5.91 Å². The number of fused-ring (bicyclic) bond motifs is 2. The third kappa shape index (κ3) is 3.08. The van der Waals surface area contributed by atoms with Crippen LogP contribution in [0.4, 0.5) is 5.00 Å². The largest absolute Gasteiger partial charge is 0.317 e. The Kier molecular flexibility index (Phi) is 4.54. The normalized spacial score (nSPS) is 14.7. The molecule has 2 aromatic heterocycles. The minimum absolute atomic E-state index is 0.0497. The zero-order valence-corrected chi connectivity index (χ0v) is 16.4. The Labute approximate surface area is 159 Å². The molecule has 1 aliphatic rings. The molecule has 0 aliphatic carbocycles. The molecule has 4 nitrogen and oxygen atoms in total. The van der Waals surface area contributed by atoms with Gasteiger partial charge in [-0.15, -0.1) is 22.7 Å². The summed E-state index contributed by atoms with van der Waals surface area (Å²) in [6.07, 6.45) is 0.984. The Bertz CT molecular complexity index is 963. The lowest BCUT2D eigenvalue weighted by atomic mass is 10.0. The van der Waals surface area contributed by atoms with Gasteiger partial charge >= 0.3 is 0 Å². The van der Waals surface area contributed by atoms with E-state index >= 15 is 0 Å². The number of hydrogen-bond donors (Lipinski definition) is 1. The molecule has 7 heteroatoms. The number of nitrogens with zero attached hydrogens (tertiary/aromatic N) is 2. The van der Waals surface area contributed by atoms with E-state index in [1.807, 2.05) is 18.2 Å². The molecule has 130 valence electrons. The fourth-order valence-electron chi connectivity index (χ4n) is 3.22. The molecule has 1 N–H and O–H groups in total. The number of likely N-dealkylation sites (N-methyl/N-ethyl adjacent to an activating group) is 1. The van der Waals surface area contributed by atoms with Gasteiger partial charge in [0.25, 0.3) is 0 Å². The predicted molar refractivity (Wildman–Crippen MR) is 107 cm³/mol. The third-order valence-corrected chi connectivity index (χ3v) is 7.13. The van der Waals surface area contributed by atoms with Gasteiger partial charge in [-0.2, -0.15) is 0 Å². The van der Waals surface area contributed by atoms with E-state index in [0.29, 0.717) is 0 Å². The lowest BCUT2D eigenvalue weighted by Gasteiger charge is -2.25. The highest BCUT2D eigenvalue weighted by Crippen LogP contribution is 2.46. The highest BCUT2D eigenvalue weighted by Gasteiger charge is 2.27. The number of rotatable bonds is 3. The summed E-state index contributed by atoms with van der Waals surface area (Å²) in [6.45, 7) is 6.76. The second-order valence-corrected chi connectivity index (χ2v) is 8.63. The summed E-state index contributed by atoms with van der Waals surface area (Å²) in [6, 6.07) is 5.80. The summed E-state index contributed by atoms with van der Waals surface area (Å²) in [5.74, 6) is -0.0497. The molecule has 0 saturated carbocycles. The van der Waals surface area contributed by atoms with E-state index < -0.39 is 0 Å². The fourth-order valence-corrected chi connectivity index (χ4v) is 5.96. The predicted octanol–water partition coefficient (Wildman–Crippen LogP) is 5.01. The first kappa shape index (κ1) is 17.0. The van der Waals surface area contributed by atoms with Crippen molar-refractivity contribution in [3.8, 4) is 10.6 Å². The average Bonchev–Trinajstić information content (AvgIpc) is 3.14. The number of anilines is 1. The van der Waals surface area contributed by atoms with Crippen LogP contribution in [0, 0.1) is 0 Å². The monoisotopic (exact) mass is 391 g/mol. The van der Waals surface area contributed by atoms with E-state index in [-0.39, 0.29) is 5.91 Å². The van der Waals surface area contributed by atoms with Crippen molar-refractivity contribution in [2.45, 2.75) is 26.8 Å². The van der Waals surface area contributed by atoms with Crippen LogP contribution in [-0.4, -0.2) is 28.9 Å². The summed E-state index contributed by atoms with van der Waals surface area (Å²) >= 11 is 9.61. The Morgan fingerprint density at radius 3 is 2.96 bits per heavy atom. The number of thiophene rings is 1. The number of nitrogens with one attached hydrogen (secondary N) is 1. The summed E-state index contributed by atoms with van der Waals surface area (Å²) in [5, 5.41) is 5.59. The van der Waals surface area contributed by atoms with E-state index in [1.54, 1.807) is 29.6 Å². The molecular weight excluding hydrogens is 374 g/mol. The lowest BCUT2D eigenvalue weighted by Crippen LogP contribution is -2.29. The van der Waals surface area contributed by atoms with Crippen LogP contribution >= 0.6 is 34.3 Å². The molecule has 0 spiro atoms. The SMILES string of the molecule is CCN1CCc2c(sc(NC(C)=O)c2-c2nc3cccc(Cl)c3s2)C1. The van der Waals surface area contributed by atoms with Gasteiger partial charge in [0.05, 0.1) is 15.2 Å². The minimum Gasteiger partial charge on any atom is -0.317 e. The molecule has 1 aliphatic heterocycles. The smallest absolute Gasteiger partial charge is 0.221 e. The minimum atomic E-state index is -0.0497. The van der Waals surface area contributed by atoms with Crippen molar-refractivity contribution in [2.75, 3.05) is 18.4 Å². The average molecular weight is 392 g/mol. The van der Waals surface area contributed by atoms with Gasteiger partial charge < -0.3 is 5.32 Å². The van der Waals surface area contributed by atoms with Crippen molar-refractivity contribution in [3.63, 3.8) is 0 Å². The summed E-state index contributed by atoms with van der Waals surface area (Å²) in [4.78, 5) is 20.3. The van der Waals surface area contributed by atoms with Crippen molar-refractivity contribution in [2.24, 2.45) is 0 Å². The van der Waals surface area contributed by atoms with Gasteiger partial charge in [0.15, 0.2) is 0 Å². The maximum Gasteiger partial charge on any atom is 0.221 e. The van der Waals surface area contributed by atoms with Crippen molar-refractivity contribution >= 4 is 55.4 Å². The van der Waals surface area contributed by atoms with E-state index in [1.165, 1.54) is 10.4 Å². The van der Waals surface area contributed by atoms with Crippen LogP contribution in [0.3, 0.4) is 0 Å². The van der Waals surface area contributed by atoms with Gasteiger partial charge in [0, 0.05) is 30.5 Å². The Hall–Kier alpha value is -1.47. The van der Waals surface area contributed by atoms with Gasteiger partial charge in [-0.05, 0) is 30.7 Å². The first-order chi connectivity index (χ1) is 12.1. The number of amides is 1. The Morgan fingerprint density at radius 1 is 1.40 bits per heavy atom. The fraction of sp³-hybridized carbons (Fsp3) is 0.333. The maximum atomic E-state index is 11.7. The molecule has 1 aromatic carbocycles. The van der Waals surface area contributed by atoms with Crippen LogP contribution < -0.4 is 5.32 Å². The second-order valence-electron chi connectivity index (χ2n) is 6.11. The van der Waals surface area contributed by atoms with Crippen LogP contribution in [0.2, 0.25) is 5.02 Å². The van der Waals surface area contributed by atoms with Crippen molar-refractivity contribution in [1.82, 2.24) is 9.88 Å². The first-order valence-corrected chi connectivity index (χ1v) is 10.3. The summed E-state index contributed by atoms with van der Waals surface area (Å²) in [7, 11) is 0. The Balaban J connectivity index is 1.88. The highest BCUT2D eigenvalue weighted by molar-refractivity contribution is 7.23. The molecular formula is C18H18ClN3OS2. The topological polar surface area (TPSA) is 45.2 Å². The molecule has 0 unspecified atom stereocenters. The number of thiazole rings is 1. The van der Waals surface area contributed by atoms with Crippen LogP contribution in [-0.2, 0) is 17.8 Å². The van der Waals surface area contributed by atoms with Crippen molar-refractivity contribution < 1.29 is 4.79 Å².